The van der Waals surface area contributed by atoms with Gasteiger partial charge in [-0.25, -0.2) is 9.97 Å². The average molecular weight is 416 g/mol. The van der Waals surface area contributed by atoms with Gasteiger partial charge in [0.15, 0.2) is 0 Å². The highest BCUT2D eigenvalue weighted by Gasteiger charge is 2.21. The molecule has 0 aliphatic carbocycles. The number of benzene rings is 4. The highest BCUT2D eigenvalue weighted by atomic mass is 16.5. The summed E-state index contributed by atoms with van der Waals surface area (Å²) in [5.74, 6) is 2.74. The van der Waals surface area contributed by atoms with E-state index in [1.807, 2.05) is 13.8 Å². The normalized spacial score (nSPS) is 12.8. The summed E-state index contributed by atoms with van der Waals surface area (Å²) < 4.78 is 6.03. The lowest BCUT2D eigenvalue weighted by atomic mass is 9.95. The van der Waals surface area contributed by atoms with Crippen molar-refractivity contribution in [3.8, 4) is 28.1 Å². The van der Waals surface area contributed by atoms with Crippen LogP contribution in [0.4, 0.5) is 0 Å². The van der Waals surface area contributed by atoms with Gasteiger partial charge in [-0.2, -0.15) is 0 Å². The van der Waals surface area contributed by atoms with E-state index in [0.717, 1.165) is 50.9 Å². The lowest BCUT2D eigenvalue weighted by Crippen LogP contribution is -2.05. The molecule has 0 radical (unpaired) electrons. The maximum Gasteiger partial charge on any atom is 0.130 e. The standard InChI is InChI=1S/C27H20N4O/c1-14-28-23-10-9-20-19-6-3-16(11-18(19)5-7-21(20)26(23)30-14)17-4-8-22-25(12-17)32-13-24-27(22)31-15(2)29-24/h3-12H,13H2,1-2H3,(H,28,30)(H,29,31). The van der Waals surface area contributed by atoms with Gasteiger partial charge in [-0.15, -0.1) is 0 Å². The molecule has 0 spiro atoms. The fourth-order valence-corrected chi connectivity index (χ4v) is 4.96. The highest BCUT2D eigenvalue weighted by Crippen LogP contribution is 2.40. The van der Waals surface area contributed by atoms with Gasteiger partial charge in [0, 0.05) is 10.9 Å². The Hall–Kier alpha value is -4.12. The van der Waals surface area contributed by atoms with Crippen molar-refractivity contribution in [1.82, 2.24) is 19.9 Å². The molecule has 0 saturated heterocycles. The van der Waals surface area contributed by atoms with E-state index in [-0.39, 0.29) is 0 Å². The van der Waals surface area contributed by atoms with Gasteiger partial charge in [0.05, 0.1) is 22.4 Å². The van der Waals surface area contributed by atoms with Gasteiger partial charge < -0.3 is 14.7 Å². The van der Waals surface area contributed by atoms with Crippen LogP contribution in [0.3, 0.4) is 0 Å². The SMILES string of the molecule is Cc1nc2c([nH]1)COc1cc(-c3ccc4c(ccc5c4ccc4[nH]c(C)nc45)c3)ccc1-2. The molecule has 154 valence electrons. The zero-order valence-electron chi connectivity index (χ0n) is 17.8. The Bertz CT molecular complexity index is 1710. The number of aromatic nitrogens is 4. The Morgan fingerprint density at radius 3 is 2.47 bits per heavy atom. The number of imidazole rings is 2. The molecule has 2 aromatic heterocycles. The van der Waals surface area contributed by atoms with Crippen LogP contribution < -0.4 is 4.74 Å². The molecule has 3 heterocycles. The maximum absolute atomic E-state index is 6.03. The Labute approximate surface area is 184 Å². The van der Waals surface area contributed by atoms with Gasteiger partial charge in [-0.1, -0.05) is 36.4 Å². The number of rotatable bonds is 1. The lowest BCUT2D eigenvalue weighted by Gasteiger charge is -2.18. The zero-order valence-corrected chi connectivity index (χ0v) is 17.8. The molecule has 0 atom stereocenters. The van der Waals surface area contributed by atoms with E-state index in [0.29, 0.717) is 6.61 Å². The van der Waals surface area contributed by atoms with Gasteiger partial charge in [-0.05, 0) is 65.4 Å². The first-order valence-corrected chi connectivity index (χ1v) is 10.8. The summed E-state index contributed by atoms with van der Waals surface area (Å²) in [6.45, 7) is 4.50. The van der Waals surface area contributed by atoms with Crippen LogP contribution >= 0.6 is 0 Å². The summed E-state index contributed by atoms with van der Waals surface area (Å²) in [5.41, 5.74) is 7.51. The number of nitrogens with zero attached hydrogens (tertiary/aromatic N) is 2. The lowest BCUT2D eigenvalue weighted by molar-refractivity contribution is 0.298. The number of hydrogen-bond acceptors (Lipinski definition) is 3. The molecule has 5 heteroatoms. The molecule has 0 fully saturated rings. The predicted molar refractivity (Wildman–Crippen MR) is 128 cm³/mol. The number of aryl methyl sites for hydroxylation is 2. The second kappa shape index (κ2) is 6.20. The number of ether oxygens (including phenoxy) is 1. The Balaban J connectivity index is 1.36. The van der Waals surface area contributed by atoms with Gasteiger partial charge in [0.25, 0.3) is 0 Å². The van der Waals surface area contributed by atoms with Crippen LogP contribution in [0.25, 0.3) is 55.0 Å². The van der Waals surface area contributed by atoms with Crippen molar-refractivity contribution in [3.05, 3.63) is 78.0 Å². The third kappa shape index (κ3) is 2.45. The molecular weight excluding hydrogens is 396 g/mol. The van der Waals surface area contributed by atoms with Crippen molar-refractivity contribution in [2.45, 2.75) is 20.5 Å². The average Bonchev–Trinajstić information content (AvgIpc) is 3.39. The van der Waals surface area contributed by atoms with Crippen LogP contribution in [0, 0.1) is 13.8 Å². The highest BCUT2D eigenvalue weighted by molar-refractivity contribution is 6.16. The van der Waals surface area contributed by atoms with Gasteiger partial charge in [-0.3, -0.25) is 0 Å². The van der Waals surface area contributed by atoms with Crippen LogP contribution in [-0.4, -0.2) is 19.9 Å². The summed E-state index contributed by atoms with van der Waals surface area (Å²) in [7, 11) is 0. The van der Waals surface area contributed by atoms with Crippen LogP contribution in [0.5, 0.6) is 5.75 Å². The molecular formula is C27H20N4O. The first-order valence-electron chi connectivity index (χ1n) is 10.8. The van der Waals surface area contributed by atoms with Crippen molar-refractivity contribution >= 4 is 32.6 Å². The number of H-pyrrole nitrogens is 2. The minimum atomic E-state index is 0.525. The number of nitrogens with one attached hydrogen (secondary N) is 2. The first kappa shape index (κ1) is 17.5. The minimum Gasteiger partial charge on any atom is -0.487 e. The van der Waals surface area contributed by atoms with E-state index >= 15 is 0 Å². The van der Waals surface area contributed by atoms with Crippen LogP contribution in [0.15, 0.2) is 60.7 Å². The van der Waals surface area contributed by atoms with Crippen molar-refractivity contribution in [2.75, 3.05) is 0 Å². The molecule has 1 aliphatic rings. The summed E-state index contributed by atoms with van der Waals surface area (Å²) >= 11 is 0. The summed E-state index contributed by atoms with van der Waals surface area (Å²) in [6, 6.07) is 21.7. The number of aromatic amines is 2. The molecule has 4 aromatic carbocycles. The van der Waals surface area contributed by atoms with Crippen LogP contribution in [0.1, 0.15) is 17.3 Å². The first-order chi connectivity index (χ1) is 15.6. The summed E-state index contributed by atoms with van der Waals surface area (Å²) in [4.78, 5) is 16.0. The molecule has 32 heavy (non-hydrogen) atoms. The van der Waals surface area contributed by atoms with Crippen molar-refractivity contribution in [3.63, 3.8) is 0 Å². The molecule has 0 saturated carbocycles. The fraction of sp³-hybridized carbons (Fsp3) is 0.111. The van der Waals surface area contributed by atoms with Crippen molar-refractivity contribution in [1.29, 1.82) is 0 Å². The summed E-state index contributed by atoms with van der Waals surface area (Å²) in [6.07, 6.45) is 0. The van der Waals surface area contributed by atoms with Crippen LogP contribution in [-0.2, 0) is 6.61 Å². The molecule has 0 bridgehead atoms. The van der Waals surface area contributed by atoms with Crippen molar-refractivity contribution in [2.24, 2.45) is 0 Å². The van der Waals surface area contributed by atoms with Gasteiger partial charge in [0.1, 0.15) is 24.0 Å². The van der Waals surface area contributed by atoms with E-state index < -0.39 is 0 Å². The summed E-state index contributed by atoms with van der Waals surface area (Å²) in [5, 5.41) is 4.85. The maximum atomic E-state index is 6.03. The van der Waals surface area contributed by atoms with E-state index in [2.05, 4.69) is 75.6 Å². The Morgan fingerprint density at radius 1 is 0.750 bits per heavy atom. The Kier molecular flexibility index (Phi) is 3.40. The van der Waals surface area contributed by atoms with E-state index in [1.165, 1.54) is 27.1 Å². The minimum absolute atomic E-state index is 0.525. The monoisotopic (exact) mass is 416 g/mol. The second-order valence-corrected chi connectivity index (χ2v) is 8.53. The van der Waals surface area contributed by atoms with Crippen molar-refractivity contribution < 1.29 is 4.74 Å². The molecule has 2 N–H and O–H groups in total. The molecule has 5 nitrogen and oxygen atoms in total. The third-order valence-corrected chi connectivity index (χ3v) is 6.42. The molecule has 1 aliphatic heterocycles. The molecule has 0 amide bonds. The van der Waals surface area contributed by atoms with Gasteiger partial charge in [0.2, 0.25) is 0 Å². The van der Waals surface area contributed by atoms with E-state index in [9.17, 15) is 0 Å². The zero-order chi connectivity index (χ0) is 21.4. The second-order valence-electron chi connectivity index (χ2n) is 8.53. The van der Waals surface area contributed by atoms with Gasteiger partial charge >= 0.3 is 0 Å². The topological polar surface area (TPSA) is 66.6 Å². The fourth-order valence-electron chi connectivity index (χ4n) is 4.96. The smallest absolute Gasteiger partial charge is 0.130 e. The molecule has 6 aromatic rings. The predicted octanol–water partition coefficient (Wildman–Crippen LogP) is 6.44. The number of hydrogen-bond donors (Lipinski definition) is 2. The van der Waals surface area contributed by atoms with E-state index in [1.54, 1.807) is 0 Å². The van der Waals surface area contributed by atoms with E-state index in [4.69, 9.17) is 9.72 Å². The Morgan fingerprint density at radius 2 is 1.53 bits per heavy atom. The third-order valence-electron chi connectivity index (χ3n) is 6.42. The van der Waals surface area contributed by atoms with Crippen LogP contribution in [0.2, 0.25) is 0 Å². The largest absolute Gasteiger partial charge is 0.487 e. The quantitative estimate of drug-likeness (QED) is 0.303. The molecule has 0 unspecified atom stereocenters. The molecule has 7 rings (SSSR count). The number of fused-ring (bicyclic) bond motifs is 8.